The zero-order valence-electron chi connectivity index (χ0n) is 12.0. The van der Waals surface area contributed by atoms with Gasteiger partial charge in [0.15, 0.2) is 0 Å². The van der Waals surface area contributed by atoms with Gasteiger partial charge in [0.25, 0.3) is 0 Å². The van der Waals surface area contributed by atoms with E-state index in [-0.39, 0.29) is 11.8 Å². The Morgan fingerprint density at radius 1 is 1.30 bits per heavy atom. The Morgan fingerprint density at radius 2 is 2.00 bits per heavy atom. The van der Waals surface area contributed by atoms with Crippen LogP contribution in [0.5, 0.6) is 0 Å². The normalized spacial score (nSPS) is 11.6. The van der Waals surface area contributed by atoms with E-state index in [1.807, 2.05) is 18.2 Å². The SMILES string of the molecule is CC(C)(C)Cc1ccccc1-c1ncc(CC(=O)O)o1. The molecule has 20 heavy (non-hydrogen) atoms. The third-order valence-corrected chi connectivity index (χ3v) is 2.85. The molecule has 1 aromatic carbocycles. The maximum atomic E-state index is 10.7. The van der Waals surface area contributed by atoms with E-state index < -0.39 is 5.97 Å². The van der Waals surface area contributed by atoms with Crippen LogP contribution in [0.4, 0.5) is 0 Å². The van der Waals surface area contributed by atoms with Crippen molar-refractivity contribution in [2.45, 2.75) is 33.6 Å². The molecule has 0 unspecified atom stereocenters. The standard InChI is InChI=1S/C16H19NO3/c1-16(2,3)9-11-6-4-5-7-13(11)15-17-10-12(20-15)8-14(18)19/h4-7,10H,8-9H2,1-3H3,(H,18,19). The molecule has 0 radical (unpaired) electrons. The minimum absolute atomic E-state index is 0.144. The number of hydrogen-bond acceptors (Lipinski definition) is 3. The average molecular weight is 273 g/mol. The Balaban J connectivity index is 2.32. The van der Waals surface area contributed by atoms with Crippen molar-refractivity contribution in [1.29, 1.82) is 0 Å². The van der Waals surface area contributed by atoms with Crippen molar-refractivity contribution < 1.29 is 14.3 Å². The summed E-state index contributed by atoms with van der Waals surface area (Å²) >= 11 is 0. The molecule has 2 aromatic rings. The van der Waals surface area contributed by atoms with Gasteiger partial charge in [-0.1, -0.05) is 39.0 Å². The van der Waals surface area contributed by atoms with Gasteiger partial charge in [-0.2, -0.15) is 0 Å². The topological polar surface area (TPSA) is 63.3 Å². The molecule has 0 saturated carbocycles. The summed E-state index contributed by atoms with van der Waals surface area (Å²) < 4.78 is 5.54. The molecule has 0 aliphatic carbocycles. The predicted octanol–water partition coefficient (Wildman–Crippen LogP) is 3.56. The first kappa shape index (κ1) is 14.3. The van der Waals surface area contributed by atoms with Crippen molar-refractivity contribution in [1.82, 2.24) is 4.98 Å². The molecule has 0 aliphatic rings. The van der Waals surface area contributed by atoms with Crippen LogP contribution >= 0.6 is 0 Å². The second-order valence-corrected chi connectivity index (χ2v) is 6.10. The van der Waals surface area contributed by atoms with Crippen LogP contribution in [0.3, 0.4) is 0 Å². The highest BCUT2D eigenvalue weighted by molar-refractivity contribution is 5.69. The van der Waals surface area contributed by atoms with Crippen molar-refractivity contribution in [2.75, 3.05) is 0 Å². The van der Waals surface area contributed by atoms with Crippen LogP contribution in [0.2, 0.25) is 0 Å². The fourth-order valence-electron chi connectivity index (χ4n) is 2.12. The monoisotopic (exact) mass is 273 g/mol. The van der Waals surface area contributed by atoms with Gasteiger partial charge in [0.2, 0.25) is 5.89 Å². The molecule has 2 rings (SSSR count). The number of aromatic nitrogens is 1. The highest BCUT2D eigenvalue weighted by Crippen LogP contribution is 2.29. The third kappa shape index (κ3) is 3.70. The highest BCUT2D eigenvalue weighted by Gasteiger charge is 2.17. The lowest BCUT2D eigenvalue weighted by atomic mass is 9.86. The van der Waals surface area contributed by atoms with Gasteiger partial charge in [-0.3, -0.25) is 4.79 Å². The first-order valence-electron chi connectivity index (χ1n) is 6.60. The molecule has 0 bridgehead atoms. The molecule has 0 spiro atoms. The number of rotatable bonds is 4. The van der Waals surface area contributed by atoms with E-state index in [0.29, 0.717) is 11.7 Å². The summed E-state index contributed by atoms with van der Waals surface area (Å²) in [6, 6.07) is 7.94. The number of carboxylic acid groups (broad SMARTS) is 1. The average Bonchev–Trinajstić information content (AvgIpc) is 2.75. The van der Waals surface area contributed by atoms with E-state index in [1.54, 1.807) is 0 Å². The fourth-order valence-corrected chi connectivity index (χ4v) is 2.12. The zero-order valence-corrected chi connectivity index (χ0v) is 12.0. The van der Waals surface area contributed by atoms with E-state index in [2.05, 4.69) is 31.8 Å². The van der Waals surface area contributed by atoms with Crippen LogP contribution in [-0.4, -0.2) is 16.1 Å². The quantitative estimate of drug-likeness (QED) is 0.925. The lowest BCUT2D eigenvalue weighted by Gasteiger charge is -2.19. The second kappa shape index (κ2) is 5.49. The van der Waals surface area contributed by atoms with Crippen LogP contribution in [0.15, 0.2) is 34.9 Å². The first-order valence-corrected chi connectivity index (χ1v) is 6.60. The fraction of sp³-hybridized carbons (Fsp3) is 0.375. The van der Waals surface area contributed by atoms with Gasteiger partial charge in [-0.15, -0.1) is 0 Å². The van der Waals surface area contributed by atoms with Gasteiger partial charge >= 0.3 is 5.97 Å². The summed E-state index contributed by atoms with van der Waals surface area (Å²) in [4.78, 5) is 14.9. The number of aliphatic carboxylic acids is 1. The molecule has 0 aliphatic heterocycles. The Bertz CT molecular complexity index is 608. The molecule has 1 N–H and O–H groups in total. The summed E-state index contributed by atoms with van der Waals surface area (Å²) in [7, 11) is 0. The van der Waals surface area contributed by atoms with Gasteiger partial charge in [-0.25, -0.2) is 4.98 Å². The van der Waals surface area contributed by atoms with E-state index in [1.165, 1.54) is 6.20 Å². The molecule has 106 valence electrons. The summed E-state index contributed by atoms with van der Waals surface area (Å²) in [5.41, 5.74) is 2.25. The highest BCUT2D eigenvalue weighted by atomic mass is 16.4. The van der Waals surface area contributed by atoms with Gasteiger partial charge in [-0.05, 0) is 23.5 Å². The van der Waals surface area contributed by atoms with E-state index in [0.717, 1.165) is 17.5 Å². The van der Waals surface area contributed by atoms with Crippen molar-refractivity contribution in [3.63, 3.8) is 0 Å². The smallest absolute Gasteiger partial charge is 0.311 e. The van der Waals surface area contributed by atoms with Crippen LogP contribution in [-0.2, 0) is 17.6 Å². The Kier molecular flexibility index (Phi) is 3.93. The molecular formula is C16H19NO3. The summed E-state index contributed by atoms with van der Waals surface area (Å²) in [6.45, 7) is 6.53. The van der Waals surface area contributed by atoms with Crippen LogP contribution in [0, 0.1) is 5.41 Å². The first-order chi connectivity index (χ1) is 9.35. The van der Waals surface area contributed by atoms with Gasteiger partial charge in [0.1, 0.15) is 12.2 Å². The predicted molar refractivity (Wildman–Crippen MR) is 76.4 cm³/mol. The molecule has 0 atom stereocenters. The molecule has 1 aromatic heterocycles. The maximum Gasteiger partial charge on any atom is 0.311 e. The van der Waals surface area contributed by atoms with E-state index in [9.17, 15) is 4.79 Å². The van der Waals surface area contributed by atoms with E-state index >= 15 is 0 Å². The number of benzene rings is 1. The van der Waals surface area contributed by atoms with Crippen LogP contribution in [0.25, 0.3) is 11.5 Å². The van der Waals surface area contributed by atoms with Crippen LogP contribution in [0.1, 0.15) is 32.1 Å². The molecule has 4 nitrogen and oxygen atoms in total. The summed E-state index contributed by atoms with van der Waals surface area (Å²) in [6.07, 6.45) is 2.24. The number of hydrogen-bond donors (Lipinski definition) is 1. The van der Waals surface area contributed by atoms with Crippen molar-refractivity contribution in [2.24, 2.45) is 5.41 Å². The minimum Gasteiger partial charge on any atom is -0.481 e. The molecule has 0 saturated heterocycles. The molecular weight excluding hydrogens is 254 g/mol. The second-order valence-electron chi connectivity index (χ2n) is 6.10. The Morgan fingerprint density at radius 3 is 2.65 bits per heavy atom. The van der Waals surface area contributed by atoms with Gasteiger partial charge in [0, 0.05) is 5.56 Å². The number of carbonyl (C=O) groups is 1. The molecule has 1 heterocycles. The largest absolute Gasteiger partial charge is 0.481 e. The van der Waals surface area contributed by atoms with Crippen molar-refractivity contribution in [3.05, 3.63) is 41.8 Å². The van der Waals surface area contributed by atoms with Crippen LogP contribution < -0.4 is 0 Å². The molecule has 0 amide bonds. The number of nitrogens with zero attached hydrogens (tertiary/aromatic N) is 1. The zero-order chi connectivity index (χ0) is 14.8. The maximum absolute atomic E-state index is 10.7. The lowest BCUT2D eigenvalue weighted by Crippen LogP contribution is -2.10. The summed E-state index contributed by atoms with van der Waals surface area (Å²) in [5, 5.41) is 8.77. The molecule has 0 fully saturated rings. The van der Waals surface area contributed by atoms with E-state index in [4.69, 9.17) is 9.52 Å². The van der Waals surface area contributed by atoms with Crippen molar-refractivity contribution >= 4 is 5.97 Å². The minimum atomic E-state index is -0.921. The number of carboxylic acids is 1. The van der Waals surface area contributed by atoms with Gasteiger partial charge in [0.05, 0.1) is 6.20 Å². The van der Waals surface area contributed by atoms with Gasteiger partial charge < -0.3 is 9.52 Å². The Hall–Kier alpha value is -2.10. The third-order valence-electron chi connectivity index (χ3n) is 2.85. The van der Waals surface area contributed by atoms with Crippen molar-refractivity contribution in [3.8, 4) is 11.5 Å². The summed E-state index contributed by atoms with van der Waals surface area (Å²) in [5.74, 6) is -0.0603. The number of oxazole rings is 1. The molecule has 4 heteroatoms. The lowest BCUT2D eigenvalue weighted by molar-refractivity contribution is -0.136. The Labute approximate surface area is 118 Å².